The number of aryl methyl sites for hydroxylation is 2. The fourth-order valence-corrected chi connectivity index (χ4v) is 3.72. The quantitative estimate of drug-likeness (QED) is 0.871. The van der Waals surface area contributed by atoms with Crippen molar-refractivity contribution in [2.45, 2.75) is 39.2 Å². The normalized spacial score (nSPS) is 18.7. The highest BCUT2D eigenvalue weighted by Gasteiger charge is 2.31. The lowest BCUT2D eigenvalue weighted by atomic mass is 10.1. The van der Waals surface area contributed by atoms with Gasteiger partial charge in [-0.25, -0.2) is 0 Å². The SMILES string of the molecule is Cc1noc(C)c1CC(=O)N1CCC[C@@H]1c1cccs1. The van der Waals surface area contributed by atoms with Crippen molar-refractivity contribution in [3.05, 3.63) is 39.4 Å². The molecule has 2 aromatic heterocycles. The Morgan fingerprint density at radius 3 is 3.05 bits per heavy atom. The molecule has 0 spiro atoms. The first-order valence-corrected chi connectivity index (χ1v) is 7.79. The van der Waals surface area contributed by atoms with E-state index in [1.54, 1.807) is 11.3 Å². The first kappa shape index (κ1) is 13.4. The molecule has 0 saturated carbocycles. The predicted molar refractivity (Wildman–Crippen MR) is 77.7 cm³/mol. The molecule has 0 radical (unpaired) electrons. The maximum atomic E-state index is 12.6. The molecular formula is C15H18N2O2S. The van der Waals surface area contributed by atoms with E-state index in [4.69, 9.17) is 4.52 Å². The van der Waals surface area contributed by atoms with Gasteiger partial charge in [0.1, 0.15) is 5.76 Å². The number of aromatic nitrogens is 1. The predicted octanol–water partition coefficient (Wildman–Crippen LogP) is 3.26. The number of nitrogens with zero attached hydrogens (tertiary/aromatic N) is 2. The van der Waals surface area contributed by atoms with Crippen LogP contribution in [0.2, 0.25) is 0 Å². The number of likely N-dealkylation sites (tertiary alicyclic amines) is 1. The largest absolute Gasteiger partial charge is 0.361 e. The van der Waals surface area contributed by atoms with Crippen molar-refractivity contribution in [3.63, 3.8) is 0 Å². The summed E-state index contributed by atoms with van der Waals surface area (Å²) in [6.45, 7) is 4.61. The summed E-state index contributed by atoms with van der Waals surface area (Å²) in [7, 11) is 0. The van der Waals surface area contributed by atoms with E-state index >= 15 is 0 Å². The second-order valence-electron chi connectivity index (χ2n) is 5.24. The van der Waals surface area contributed by atoms with Crippen molar-refractivity contribution in [2.24, 2.45) is 0 Å². The first-order chi connectivity index (χ1) is 9.66. The van der Waals surface area contributed by atoms with Crippen LogP contribution in [0.25, 0.3) is 0 Å². The third kappa shape index (κ3) is 2.38. The van der Waals surface area contributed by atoms with Gasteiger partial charge in [-0.15, -0.1) is 11.3 Å². The monoisotopic (exact) mass is 290 g/mol. The molecule has 3 rings (SSSR count). The standard InChI is InChI=1S/C15H18N2O2S/c1-10-12(11(2)19-16-10)9-15(18)17-7-3-5-13(17)14-6-4-8-20-14/h4,6,8,13H,3,5,7,9H2,1-2H3/t13-/m1/s1. The molecule has 2 aromatic rings. The van der Waals surface area contributed by atoms with Gasteiger partial charge in [0.25, 0.3) is 0 Å². The molecule has 3 heterocycles. The van der Waals surface area contributed by atoms with Crippen molar-refractivity contribution in [2.75, 3.05) is 6.54 Å². The molecule has 0 aromatic carbocycles. The lowest BCUT2D eigenvalue weighted by Crippen LogP contribution is -2.31. The van der Waals surface area contributed by atoms with E-state index < -0.39 is 0 Å². The molecule has 1 fully saturated rings. The molecule has 0 N–H and O–H groups in total. The van der Waals surface area contributed by atoms with Gasteiger partial charge < -0.3 is 9.42 Å². The zero-order valence-corrected chi connectivity index (χ0v) is 12.6. The van der Waals surface area contributed by atoms with Crippen molar-refractivity contribution in [1.29, 1.82) is 0 Å². The Hall–Kier alpha value is -1.62. The Kier molecular flexibility index (Phi) is 3.61. The minimum Gasteiger partial charge on any atom is -0.361 e. The van der Waals surface area contributed by atoms with E-state index in [0.717, 1.165) is 36.4 Å². The maximum absolute atomic E-state index is 12.6. The molecule has 1 aliphatic heterocycles. The summed E-state index contributed by atoms with van der Waals surface area (Å²) in [5.74, 6) is 0.929. The first-order valence-electron chi connectivity index (χ1n) is 6.91. The Morgan fingerprint density at radius 2 is 2.40 bits per heavy atom. The van der Waals surface area contributed by atoms with Crippen LogP contribution in [0.15, 0.2) is 22.0 Å². The minimum atomic E-state index is 0.176. The van der Waals surface area contributed by atoms with Crippen LogP contribution in [-0.2, 0) is 11.2 Å². The molecule has 0 bridgehead atoms. The summed E-state index contributed by atoms with van der Waals surface area (Å²) >= 11 is 1.73. The van der Waals surface area contributed by atoms with E-state index in [1.165, 1.54) is 4.88 Å². The molecule has 4 nitrogen and oxygen atoms in total. The Bertz CT molecular complexity index is 584. The smallest absolute Gasteiger partial charge is 0.227 e. The summed E-state index contributed by atoms with van der Waals surface area (Å²) in [6, 6.07) is 4.43. The van der Waals surface area contributed by atoms with Crippen molar-refractivity contribution in [3.8, 4) is 0 Å². The van der Waals surface area contributed by atoms with Gasteiger partial charge in [0.15, 0.2) is 0 Å². The van der Waals surface area contributed by atoms with E-state index in [1.807, 2.05) is 18.7 Å². The summed E-state index contributed by atoms with van der Waals surface area (Å²) < 4.78 is 5.14. The van der Waals surface area contributed by atoms with Crippen molar-refractivity contribution >= 4 is 17.2 Å². The van der Waals surface area contributed by atoms with E-state index in [-0.39, 0.29) is 11.9 Å². The summed E-state index contributed by atoms with van der Waals surface area (Å²) in [4.78, 5) is 15.9. The molecule has 1 saturated heterocycles. The Balaban J connectivity index is 1.77. The topological polar surface area (TPSA) is 46.3 Å². The van der Waals surface area contributed by atoms with Crippen LogP contribution < -0.4 is 0 Å². The number of hydrogen-bond acceptors (Lipinski definition) is 4. The average Bonchev–Trinajstić information content (AvgIpc) is 3.13. The molecule has 20 heavy (non-hydrogen) atoms. The molecule has 1 aliphatic rings. The lowest BCUT2D eigenvalue weighted by Gasteiger charge is -2.24. The van der Waals surface area contributed by atoms with E-state index in [0.29, 0.717) is 6.42 Å². The highest BCUT2D eigenvalue weighted by atomic mass is 32.1. The van der Waals surface area contributed by atoms with Crippen LogP contribution in [0.1, 0.15) is 40.8 Å². The number of amides is 1. The lowest BCUT2D eigenvalue weighted by molar-refractivity contribution is -0.131. The van der Waals surface area contributed by atoms with Crippen LogP contribution in [0.4, 0.5) is 0 Å². The fraction of sp³-hybridized carbons (Fsp3) is 0.467. The maximum Gasteiger partial charge on any atom is 0.227 e. The van der Waals surface area contributed by atoms with E-state index in [9.17, 15) is 4.79 Å². The third-order valence-electron chi connectivity index (χ3n) is 3.95. The van der Waals surface area contributed by atoms with Crippen LogP contribution in [-0.4, -0.2) is 22.5 Å². The summed E-state index contributed by atoms with van der Waals surface area (Å²) in [5.41, 5.74) is 1.76. The van der Waals surface area contributed by atoms with Gasteiger partial charge in [0.2, 0.25) is 5.91 Å². The third-order valence-corrected chi connectivity index (χ3v) is 4.93. The van der Waals surface area contributed by atoms with Gasteiger partial charge in [-0.05, 0) is 38.1 Å². The second kappa shape index (κ2) is 5.40. The van der Waals surface area contributed by atoms with Crippen LogP contribution in [0, 0.1) is 13.8 Å². The highest BCUT2D eigenvalue weighted by Crippen LogP contribution is 2.35. The number of rotatable bonds is 3. The molecule has 1 amide bonds. The van der Waals surface area contributed by atoms with E-state index in [2.05, 4.69) is 22.7 Å². The Labute approximate surface area is 122 Å². The summed E-state index contributed by atoms with van der Waals surface area (Å²) in [5, 5.41) is 6.00. The van der Waals surface area contributed by atoms with Gasteiger partial charge in [-0.3, -0.25) is 4.79 Å². The zero-order valence-electron chi connectivity index (χ0n) is 11.8. The number of thiophene rings is 1. The molecule has 5 heteroatoms. The van der Waals surface area contributed by atoms with Crippen LogP contribution in [0.3, 0.4) is 0 Å². The second-order valence-corrected chi connectivity index (χ2v) is 6.22. The Morgan fingerprint density at radius 1 is 1.55 bits per heavy atom. The minimum absolute atomic E-state index is 0.176. The number of carbonyl (C=O) groups is 1. The van der Waals surface area contributed by atoms with Crippen LogP contribution >= 0.6 is 11.3 Å². The number of carbonyl (C=O) groups excluding carboxylic acids is 1. The van der Waals surface area contributed by atoms with Gasteiger partial charge in [-0.2, -0.15) is 0 Å². The molecule has 0 unspecified atom stereocenters. The van der Waals surface area contributed by atoms with Crippen molar-refractivity contribution in [1.82, 2.24) is 10.1 Å². The average molecular weight is 290 g/mol. The van der Waals surface area contributed by atoms with Gasteiger partial charge >= 0.3 is 0 Å². The molecule has 1 atom stereocenters. The van der Waals surface area contributed by atoms with Crippen molar-refractivity contribution < 1.29 is 9.32 Å². The molecular weight excluding hydrogens is 272 g/mol. The van der Waals surface area contributed by atoms with Crippen LogP contribution in [0.5, 0.6) is 0 Å². The number of hydrogen-bond donors (Lipinski definition) is 0. The fourth-order valence-electron chi connectivity index (χ4n) is 2.85. The van der Waals surface area contributed by atoms with Gasteiger partial charge in [0, 0.05) is 17.0 Å². The van der Waals surface area contributed by atoms with Gasteiger partial charge in [0.05, 0.1) is 18.2 Å². The molecule has 0 aliphatic carbocycles. The van der Waals surface area contributed by atoms with Gasteiger partial charge in [-0.1, -0.05) is 11.2 Å². The summed E-state index contributed by atoms with van der Waals surface area (Å²) in [6.07, 6.45) is 2.53. The molecule has 106 valence electrons. The zero-order chi connectivity index (χ0) is 14.1. The highest BCUT2D eigenvalue weighted by molar-refractivity contribution is 7.10.